The first-order valence-electron chi connectivity index (χ1n) is 6.31. The van der Waals surface area contributed by atoms with Crippen LogP contribution in [-0.4, -0.2) is 17.2 Å². The van der Waals surface area contributed by atoms with Crippen LogP contribution in [0.25, 0.3) is 0 Å². The third-order valence-electron chi connectivity index (χ3n) is 3.50. The van der Waals surface area contributed by atoms with Crippen LogP contribution in [0, 0.1) is 5.92 Å². The Labute approximate surface area is 120 Å². The lowest BCUT2D eigenvalue weighted by molar-refractivity contribution is -0.137. The molecule has 2 nitrogen and oxygen atoms in total. The monoisotopic (exact) mass is 303 g/mol. The molecule has 0 saturated carbocycles. The summed E-state index contributed by atoms with van der Waals surface area (Å²) in [4.78, 5) is 11.8. The number of alkyl halides is 3. The average molecular weight is 303 g/mol. The van der Waals surface area contributed by atoms with E-state index < -0.39 is 11.7 Å². The van der Waals surface area contributed by atoms with Crippen molar-refractivity contribution < 1.29 is 18.0 Å². The predicted octanol–water partition coefficient (Wildman–Crippen LogP) is 3.71. The van der Waals surface area contributed by atoms with E-state index in [0.29, 0.717) is 17.9 Å². The van der Waals surface area contributed by atoms with Crippen molar-refractivity contribution in [3.63, 3.8) is 0 Å². The predicted molar refractivity (Wildman–Crippen MR) is 72.5 cm³/mol. The van der Waals surface area contributed by atoms with Crippen LogP contribution in [0.2, 0.25) is 0 Å². The molecule has 6 heteroatoms. The van der Waals surface area contributed by atoms with Gasteiger partial charge in [-0.25, -0.2) is 0 Å². The van der Waals surface area contributed by atoms with Crippen molar-refractivity contribution in [2.24, 2.45) is 5.92 Å². The first-order chi connectivity index (χ1) is 9.18. The maximum Gasteiger partial charge on any atom is 0.416 e. The largest absolute Gasteiger partial charge is 0.416 e. The van der Waals surface area contributed by atoms with Crippen molar-refractivity contribution >= 4 is 17.7 Å². The summed E-state index contributed by atoms with van der Waals surface area (Å²) in [6, 6.07) is 5.32. The van der Waals surface area contributed by atoms with E-state index >= 15 is 0 Å². The van der Waals surface area contributed by atoms with E-state index in [-0.39, 0.29) is 16.6 Å². The molecule has 20 heavy (non-hydrogen) atoms. The van der Waals surface area contributed by atoms with Crippen molar-refractivity contribution in [3.05, 3.63) is 29.8 Å². The third kappa shape index (κ3) is 3.48. The molecular weight excluding hydrogens is 287 g/mol. The number of benzene rings is 1. The molecule has 0 radical (unpaired) electrons. The summed E-state index contributed by atoms with van der Waals surface area (Å²) in [6.45, 7) is 4.50. The van der Waals surface area contributed by atoms with E-state index in [1.54, 1.807) is 6.07 Å². The minimum atomic E-state index is -4.33. The zero-order valence-electron chi connectivity index (χ0n) is 11.3. The Balaban J connectivity index is 2.15. The number of hydrogen-bond acceptors (Lipinski definition) is 2. The van der Waals surface area contributed by atoms with E-state index in [1.165, 1.54) is 17.8 Å². The maximum atomic E-state index is 12.7. The summed E-state index contributed by atoms with van der Waals surface area (Å²) in [5.41, 5.74) is -0.640. The smallest absolute Gasteiger partial charge is 0.356 e. The summed E-state index contributed by atoms with van der Waals surface area (Å²) in [6.07, 6.45) is -3.90. The van der Waals surface area contributed by atoms with Gasteiger partial charge in [-0.05, 0) is 38.0 Å². The quantitative estimate of drug-likeness (QED) is 0.862. The molecule has 0 bridgehead atoms. The van der Waals surface area contributed by atoms with E-state index in [0.717, 1.165) is 12.1 Å². The van der Waals surface area contributed by atoms with Gasteiger partial charge in [-0.2, -0.15) is 13.2 Å². The van der Waals surface area contributed by atoms with Gasteiger partial charge in [0.05, 0.1) is 5.56 Å². The topological polar surface area (TPSA) is 29.1 Å². The van der Waals surface area contributed by atoms with Crippen LogP contribution in [0.5, 0.6) is 0 Å². The second-order valence-electron chi connectivity index (χ2n) is 5.44. The van der Waals surface area contributed by atoms with Crippen molar-refractivity contribution in [3.8, 4) is 0 Å². The summed E-state index contributed by atoms with van der Waals surface area (Å²) < 4.78 is 37.8. The minimum absolute atomic E-state index is 0.00715. The van der Waals surface area contributed by atoms with Gasteiger partial charge in [-0.15, -0.1) is 11.8 Å². The zero-order valence-corrected chi connectivity index (χ0v) is 12.1. The van der Waals surface area contributed by atoms with Crippen LogP contribution in [0.3, 0.4) is 0 Å². The van der Waals surface area contributed by atoms with Gasteiger partial charge in [-0.1, -0.05) is 6.07 Å². The lowest BCUT2D eigenvalue weighted by atomic mass is 9.94. The third-order valence-corrected chi connectivity index (χ3v) is 4.85. The van der Waals surface area contributed by atoms with Gasteiger partial charge in [0, 0.05) is 22.6 Å². The first-order valence-corrected chi connectivity index (χ1v) is 7.13. The summed E-state index contributed by atoms with van der Waals surface area (Å²) in [5.74, 6) is 0.127. The van der Waals surface area contributed by atoms with Gasteiger partial charge in [0.1, 0.15) is 0 Å². The van der Waals surface area contributed by atoms with Crippen LogP contribution < -0.4 is 5.32 Å². The fourth-order valence-electron chi connectivity index (χ4n) is 2.22. The fraction of sp³-hybridized carbons (Fsp3) is 0.500. The molecule has 0 spiro atoms. The normalized spacial score (nSPS) is 20.1. The molecular formula is C14H16F3NOS. The van der Waals surface area contributed by atoms with Gasteiger partial charge in [-0.3, -0.25) is 4.79 Å². The maximum absolute atomic E-state index is 12.7. The minimum Gasteiger partial charge on any atom is -0.356 e. The Bertz CT molecular complexity index is 513. The highest BCUT2D eigenvalue weighted by Gasteiger charge is 2.37. The number of halogens is 3. The fourth-order valence-corrected chi connectivity index (χ4v) is 3.49. The van der Waals surface area contributed by atoms with E-state index in [4.69, 9.17) is 0 Å². The molecule has 0 aliphatic carbocycles. The molecule has 1 aliphatic heterocycles. The number of hydrogen-bond donors (Lipinski definition) is 1. The lowest BCUT2D eigenvalue weighted by Crippen LogP contribution is -2.29. The Kier molecular flexibility index (Phi) is 4.04. The van der Waals surface area contributed by atoms with Crippen LogP contribution in [0.4, 0.5) is 13.2 Å². The molecule has 1 heterocycles. The van der Waals surface area contributed by atoms with Gasteiger partial charge in [0.2, 0.25) is 5.91 Å². The number of rotatable bonds is 3. The Hall–Kier alpha value is -1.17. The van der Waals surface area contributed by atoms with Gasteiger partial charge >= 0.3 is 6.18 Å². The standard InChI is InChI=1S/C14H16F3NOS/c1-13(2,10-7-12(19)18-8-10)20-11-5-3-4-9(6-11)14(15,16)17/h3-6,10H,7-8H2,1-2H3,(H,18,19). The van der Waals surface area contributed by atoms with Crippen LogP contribution in [-0.2, 0) is 11.0 Å². The molecule has 1 atom stereocenters. The number of carbonyl (C=O) groups excluding carboxylic acids is 1. The molecule has 2 rings (SSSR count). The summed E-state index contributed by atoms with van der Waals surface area (Å²) in [5, 5.41) is 2.76. The first kappa shape index (κ1) is 15.2. The number of amides is 1. The second-order valence-corrected chi connectivity index (χ2v) is 7.16. The van der Waals surface area contributed by atoms with E-state index in [2.05, 4.69) is 5.32 Å². The van der Waals surface area contributed by atoms with Crippen molar-refractivity contribution in [1.82, 2.24) is 5.32 Å². The van der Waals surface area contributed by atoms with Crippen LogP contribution in [0.15, 0.2) is 29.2 Å². The van der Waals surface area contributed by atoms with E-state index in [1.807, 2.05) is 13.8 Å². The zero-order chi connectivity index (χ0) is 15.0. The molecule has 1 aliphatic rings. The molecule has 1 N–H and O–H groups in total. The number of carbonyl (C=O) groups is 1. The lowest BCUT2D eigenvalue weighted by Gasteiger charge is -2.30. The molecule has 1 aromatic carbocycles. The molecule has 1 amide bonds. The highest BCUT2D eigenvalue weighted by atomic mass is 32.2. The Morgan fingerprint density at radius 2 is 2.00 bits per heavy atom. The van der Waals surface area contributed by atoms with E-state index in [9.17, 15) is 18.0 Å². The molecule has 0 aromatic heterocycles. The highest BCUT2D eigenvalue weighted by Crippen LogP contribution is 2.42. The molecule has 110 valence electrons. The SMILES string of the molecule is CC(C)(Sc1cccc(C(F)(F)F)c1)C1CNC(=O)C1. The van der Waals surface area contributed by atoms with Crippen molar-refractivity contribution in [2.45, 2.75) is 36.1 Å². The summed E-state index contributed by atoms with van der Waals surface area (Å²) >= 11 is 1.38. The molecule has 1 saturated heterocycles. The second kappa shape index (κ2) is 5.31. The van der Waals surface area contributed by atoms with Gasteiger partial charge in [0.25, 0.3) is 0 Å². The van der Waals surface area contributed by atoms with Crippen LogP contribution >= 0.6 is 11.8 Å². The summed E-state index contributed by atoms with van der Waals surface area (Å²) in [7, 11) is 0. The van der Waals surface area contributed by atoms with Crippen LogP contribution in [0.1, 0.15) is 25.8 Å². The van der Waals surface area contributed by atoms with Gasteiger partial charge < -0.3 is 5.32 Å². The van der Waals surface area contributed by atoms with Gasteiger partial charge in [0.15, 0.2) is 0 Å². The van der Waals surface area contributed by atoms with Crippen molar-refractivity contribution in [2.75, 3.05) is 6.54 Å². The Morgan fingerprint density at radius 3 is 2.55 bits per heavy atom. The number of thioether (sulfide) groups is 1. The highest BCUT2D eigenvalue weighted by molar-refractivity contribution is 8.00. The number of nitrogens with one attached hydrogen (secondary N) is 1. The van der Waals surface area contributed by atoms with Crippen molar-refractivity contribution in [1.29, 1.82) is 0 Å². The molecule has 1 unspecified atom stereocenters. The molecule has 1 aromatic rings. The molecule has 1 fully saturated rings. The average Bonchev–Trinajstić information content (AvgIpc) is 2.75. The Morgan fingerprint density at radius 1 is 1.30 bits per heavy atom.